The molecule has 0 spiro atoms. The van der Waals surface area contributed by atoms with E-state index >= 15 is 0 Å². The highest BCUT2D eigenvalue weighted by Gasteiger charge is 2.49. The van der Waals surface area contributed by atoms with Crippen LogP contribution in [-0.2, 0) is 4.79 Å². The Labute approximate surface area is 97.0 Å². The topological polar surface area (TPSA) is 52.6 Å². The Kier molecular flexibility index (Phi) is 3.50. The number of carboxylic acids is 1. The second kappa shape index (κ2) is 4.72. The number of nitrogens with zero attached hydrogens (tertiary/aromatic N) is 1. The van der Waals surface area contributed by atoms with Crippen molar-refractivity contribution in [1.82, 2.24) is 10.2 Å². The predicted octanol–water partition coefficient (Wildman–Crippen LogP) is 0.783. The lowest BCUT2D eigenvalue weighted by Crippen LogP contribution is -2.37. The summed E-state index contributed by atoms with van der Waals surface area (Å²) in [6.07, 6.45) is 4.18. The number of likely N-dealkylation sites (tertiary alicyclic amines) is 1. The van der Waals surface area contributed by atoms with Gasteiger partial charge in [-0.2, -0.15) is 0 Å². The third kappa shape index (κ3) is 2.74. The van der Waals surface area contributed by atoms with Gasteiger partial charge in [0.05, 0.1) is 5.41 Å². The van der Waals surface area contributed by atoms with E-state index in [4.69, 9.17) is 5.11 Å². The van der Waals surface area contributed by atoms with Gasteiger partial charge in [-0.05, 0) is 58.3 Å². The zero-order valence-electron chi connectivity index (χ0n) is 10.0. The van der Waals surface area contributed by atoms with Crippen molar-refractivity contribution in [3.05, 3.63) is 0 Å². The first-order valence-electron chi connectivity index (χ1n) is 6.25. The van der Waals surface area contributed by atoms with E-state index in [9.17, 15) is 4.79 Å². The van der Waals surface area contributed by atoms with E-state index < -0.39 is 11.4 Å². The van der Waals surface area contributed by atoms with E-state index in [0.29, 0.717) is 6.54 Å². The van der Waals surface area contributed by atoms with Gasteiger partial charge in [0.2, 0.25) is 0 Å². The quantitative estimate of drug-likeness (QED) is 0.727. The average Bonchev–Trinajstić information content (AvgIpc) is 3.02. The van der Waals surface area contributed by atoms with E-state index in [-0.39, 0.29) is 0 Å². The maximum absolute atomic E-state index is 11.0. The first kappa shape index (κ1) is 11.9. The highest BCUT2D eigenvalue weighted by molar-refractivity contribution is 5.78. The fraction of sp³-hybridized carbons (Fsp3) is 0.917. The van der Waals surface area contributed by atoms with Crippen LogP contribution in [0.25, 0.3) is 0 Å². The zero-order chi connectivity index (χ0) is 11.6. The highest BCUT2D eigenvalue weighted by Crippen LogP contribution is 2.45. The summed E-state index contributed by atoms with van der Waals surface area (Å²) < 4.78 is 0. The van der Waals surface area contributed by atoms with Crippen molar-refractivity contribution in [2.24, 2.45) is 11.3 Å². The average molecular weight is 226 g/mol. The Morgan fingerprint density at radius 2 is 2.06 bits per heavy atom. The molecule has 2 fully saturated rings. The summed E-state index contributed by atoms with van der Waals surface area (Å²) >= 11 is 0. The molecule has 1 saturated carbocycles. The molecule has 0 atom stereocenters. The van der Waals surface area contributed by atoms with Gasteiger partial charge in [0.25, 0.3) is 0 Å². The van der Waals surface area contributed by atoms with Gasteiger partial charge in [0.1, 0.15) is 0 Å². The van der Waals surface area contributed by atoms with Crippen LogP contribution in [0.15, 0.2) is 0 Å². The minimum atomic E-state index is -0.622. The van der Waals surface area contributed by atoms with Crippen LogP contribution in [-0.4, -0.2) is 49.2 Å². The molecule has 0 radical (unpaired) electrons. The van der Waals surface area contributed by atoms with E-state index in [1.165, 1.54) is 25.9 Å². The lowest BCUT2D eigenvalue weighted by Gasteiger charge is -2.29. The minimum absolute atomic E-state index is 0.411. The van der Waals surface area contributed by atoms with E-state index in [2.05, 4.69) is 17.3 Å². The molecule has 16 heavy (non-hydrogen) atoms. The van der Waals surface area contributed by atoms with Crippen LogP contribution in [0.4, 0.5) is 0 Å². The second-order valence-corrected chi connectivity index (χ2v) is 5.46. The minimum Gasteiger partial charge on any atom is -0.481 e. The van der Waals surface area contributed by atoms with Gasteiger partial charge in [-0.15, -0.1) is 0 Å². The molecule has 2 aliphatic rings. The number of nitrogens with one attached hydrogen (secondary N) is 1. The summed E-state index contributed by atoms with van der Waals surface area (Å²) in [7, 11) is 2.16. The van der Waals surface area contributed by atoms with E-state index in [0.717, 1.165) is 25.3 Å². The summed E-state index contributed by atoms with van der Waals surface area (Å²) in [5, 5.41) is 12.4. The van der Waals surface area contributed by atoms with Gasteiger partial charge in [-0.3, -0.25) is 4.79 Å². The molecule has 2 rings (SSSR count). The van der Waals surface area contributed by atoms with Crippen LogP contribution in [0.3, 0.4) is 0 Å². The second-order valence-electron chi connectivity index (χ2n) is 5.46. The molecule has 0 unspecified atom stereocenters. The van der Waals surface area contributed by atoms with Crippen molar-refractivity contribution in [2.75, 3.05) is 33.2 Å². The predicted molar refractivity (Wildman–Crippen MR) is 62.4 cm³/mol. The molecule has 4 heteroatoms. The van der Waals surface area contributed by atoms with Gasteiger partial charge in [0, 0.05) is 6.54 Å². The van der Waals surface area contributed by atoms with E-state index in [1.807, 2.05) is 0 Å². The Hall–Kier alpha value is -0.610. The summed E-state index contributed by atoms with van der Waals surface area (Å²) in [5.41, 5.74) is -0.411. The van der Waals surface area contributed by atoms with Crippen LogP contribution in [0.5, 0.6) is 0 Å². The molecule has 4 nitrogen and oxygen atoms in total. The fourth-order valence-electron chi connectivity index (χ4n) is 2.40. The molecule has 0 aromatic heterocycles. The molecule has 0 bridgehead atoms. The van der Waals surface area contributed by atoms with Crippen LogP contribution >= 0.6 is 0 Å². The zero-order valence-corrected chi connectivity index (χ0v) is 10.0. The third-order valence-corrected chi connectivity index (χ3v) is 4.04. The summed E-state index contributed by atoms with van der Waals surface area (Å²) in [4.78, 5) is 13.3. The van der Waals surface area contributed by atoms with Crippen LogP contribution in [0.2, 0.25) is 0 Å². The summed E-state index contributed by atoms with van der Waals surface area (Å²) in [6.45, 7) is 4.00. The molecule has 0 amide bonds. The molecule has 1 heterocycles. The van der Waals surface area contributed by atoms with Crippen molar-refractivity contribution in [2.45, 2.75) is 25.7 Å². The fourth-order valence-corrected chi connectivity index (χ4v) is 2.40. The number of piperidine rings is 1. The molecule has 1 saturated heterocycles. The number of carboxylic acid groups (broad SMARTS) is 1. The van der Waals surface area contributed by atoms with Crippen LogP contribution in [0.1, 0.15) is 25.7 Å². The summed E-state index contributed by atoms with van der Waals surface area (Å²) in [6, 6.07) is 0. The smallest absolute Gasteiger partial charge is 0.310 e. The van der Waals surface area contributed by atoms with Crippen molar-refractivity contribution >= 4 is 5.97 Å². The Balaban J connectivity index is 1.63. The Morgan fingerprint density at radius 3 is 2.56 bits per heavy atom. The van der Waals surface area contributed by atoms with Crippen molar-refractivity contribution in [3.63, 3.8) is 0 Å². The maximum atomic E-state index is 11.0. The maximum Gasteiger partial charge on any atom is 0.310 e. The first-order valence-corrected chi connectivity index (χ1v) is 6.25. The molecular formula is C12H22N2O2. The standard InChI is InChI=1S/C12H22N2O2/c1-14-6-2-10(3-7-14)8-13-9-12(4-5-12)11(15)16/h10,13H,2-9H2,1H3,(H,15,16). The molecule has 1 aliphatic heterocycles. The van der Waals surface area contributed by atoms with E-state index in [1.54, 1.807) is 0 Å². The highest BCUT2D eigenvalue weighted by atomic mass is 16.4. The van der Waals surface area contributed by atoms with Crippen LogP contribution < -0.4 is 5.32 Å². The normalized spacial score (nSPS) is 25.6. The number of hydrogen-bond acceptors (Lipinski definition) is 3. The van der Waals surface area contributed by atoms with Gasteiger partial charge in [-0.1, -0.05) is 0 Å². The first-order chi connectivity index (χ1) is 7.62. The number of hydrogen-bond donors (Lipinski definition) is 2. The Morgan fingerprint density at radius 1 is 1.44 bits per heavy atom. The number of aliphatic carboxylic acids is 1. The van der Waals surface area contributed by atoms with Crippen molar-refractivity contribution < 1.29 is 9.90 Å². The SMILES string of the molecule is CN1CCC(CNCC2(C(=O)O)CC2)CC1. The van der Waals surface area contributed by atoms with Crippen molar-refractivity contribution in [1.29, 1.82) is 0 Å². The molecule has 0 aromatic carbocycles. The van der Waals surface area contributed by atoms with Gasteiger partial charge < -0.3 is 15.3 Å². The lowest BCUT2D eigenvalue weighted by atomic mass is 9.97. The summed E-state index contributed by atoms with van der Waals surface area (Å²) in [5.74, 6) is 0.115. The van der Waals surface area contributed by atoms with Gasteiger partial charge in [0.15, 0.2) is 0 Å². The largest absolute Gasteiger partial charge is 0.481 e. The monoisotopic (exact) mass is 226 g/mol. The Bertz CT molecular complexity index is 256. The molecular weight excluding hydrogens is 204 g/mol. The van der Waals surface area contributed by atoms with Crippen molar-refractivity contribution in [3.8, 4) is 0 Å². The molecule has 2 N–H and O–H groups in total. The van der Waals surface area contributed by atoms with Crippen LogP contribution in [0, 0.1) is 11.3 Å². The van der Waals surface area contributed by atoms with Gasteiger partial charge >= 0.3 is 5.97 Å². The third-order valence-electron chi connectivity index (χ3n) is 4.04. The van der Waals surface area contributed by atoms with Gasteiger partial charge in [-0.25, -0.2) is 0 Å². The molecule has 92 valence electrons. The lowest BCUT2D eigenvalue weighted by molar-refractivity contribution is -0.143. The molecule has 0 aromatic rings. The number of rotatable bonds is 5. The number of carbonyl (C=O) groups is 1. The molecule has 1 aliphatic carbocycles.